The number of fused-ring (bicyclic) bond motifs is 2. The number of hydrogen-bond acceptors (Lipinski definition) is 3. The van der Waals surface area contributed by atoms with Gasteiger partial charge in [-0.15, -0.1) is 0 Å². The number of nitrogens with one attached hydrogen (secondary N) is 1. The molecule has 1 fully saturated rings. The van der Waals surface area contributed by atoms with Crippen LogP contribution in [0.1, 0.15) is 34.8 Å². The van der Waals surface area contributed by atoms with E-state index in [-0.39, 0.29) is 23.5 Å². The summed E-state index contributed by atoms with van der Waals surface area (Å²) < 4.78 is 1.83. The Morgan fingerprint density at radius 3 is 2.61 bits per heavy atom. The second-order valence-corrected chi connectivity index (χ2v) is 8.13. The van der Waals surface area contributed by atoms with Crippen LogP contribution in [0.15, 0.2) is 59.9 Å². The van der Waals surface area contributed by atoms with Gasteiger partial charge in [0.25, 0.3) is 5.91 Å². The van der Waals surface area contributed by atoms with Crippen LogP contribution in [0.2, 0.25) is 0 Å². The smallest absolute Gasteiger partial charge is 0.326 e. The number of benzene rings is 2. The van der Waals surface area contributed by atoms with Crippen molar-refractivity contribution in [3.63, 3.8) is 0 Å². The van der Waals surface area contributed by atoms with Crippen LogP contribution in [-0.4, -0.2) is 45.9 Å². The van der Waals surface area contributed by atoms with Crippen LogP contribution in [0.25, 0.3) is 11.0 Å². The van der Waals surface area contributed by atoms with E-state index in [0.717, 1.165) is 41.5 Å². The number of anilines is 1. The molecule has 2 amide bonds. The molecule has 3 aromatic rings. The molecule has 1 aromatic heterocycles. The number of likely N-dealkylation sites (tertiary alicyclic amines) is 1. The SMILES string of the molecule is C=CC(=O)N1CCc2cc(C(=O)N3CCC(n4c(=O)[nH]c5ccccc54)CC3)ccc21. The first-order valence-corrected chi connectivity index (χ1v) is 10.6. The number of carbonyl (C=O) groups excluding carboxylic acids is 2. The molecule has 0 aliphatic carbocycles. The van der Waals surface area contributed by atoms with Crippen molar-refractivity contribution in [1.82, 2.24) is 14.5 Å². The molecule has 0 atom stereocenters. The zero-order chi connectivity index (χ0) is 21.5. The van der Waals surface area contributed by atoms with E-state index in [4.69, 9.17) is 0 Å². The van der Waals surface area contributed by atoms with Crippen LogP contribution in [0, 0.1) is 0 Å². The number of aromatic nitrogens is 2. The molecule has 158 valence electrons. The zero-order valence-corrected chi connectivity index (χ0v) is 17.2. The molecule has 3 heterocycles. The van der Waals surface area contributed by atoms with Crippen LogP contribution in [0.5, 0.6) is 0 Å². The fourth-order valence-electron chi connectivity index (χ4n) is 4.82. The molecule has 1 saturated heterocycles. The van der Waals surface area contributed by atoms with E-state index >= 15 is 0 Å². The molecule has 0 radical (unpaired) electrons. The van der Waals surface area contributed by atoms with E-state index in [1.807, 2.05) is 45.9 Å². The molecule has 2 aromatic carbocycles. The molecule has 2 aliphatic heterocycles. The van der Waals surface area contributed by atoms with Gasteiger partial charge in [-0.25, -0.2) is 4.79 Å². The lowest BCUT2D eigenvalue weighted by Crippen LogP contribution is -2.40. The largest absolute Gasteiger partial charge is 0.338 e. The quantitative estimate of drug-likeness (QED) is 0.667. The summed E-state index contributed by atoms with van der Waals surface area (Å²) in [5.74, 6) is -0.117. The second-order valence-electron chi connectivity index (χ2n) is 8.13. The predicted molar refractivity (Wildman–Crippen MR) is 119 cm³/mol. The highest BCUT2D eigenvalue weighted by Crippen LogP contribution is 2.30. The van der Waals surface area contributed by atoms with Crippen LogP contribution in [0.4, 0.5) is 5.69 Å². The monoisotopic (exact) mass is 416 g/mol. The van der Waals surface area contributed by atoms with E-state index in [1.165, 1.54) is 6.08 Å². The topological polar surface area (TPSA) is 78.4 Å². The van der Waals surface area contributed by atoms with E-state index in [1.54, 1.807) is 11.0 Å². The van der Waals surface area contributed by atoms with Crippen LogP contribution >= 0.6 is 0 Å². The number of nitrogens with zero attached hydrogens (tertiary/aromatic N) is 3. The van der Waals surface area contributed by atoms with Crippen LogP contribution in [0.3, 0.4) is 0 Å². The summed E-state index contributed by atoms with van der Waals surface area (Å²) in [4.78, 5) is 44.0. The third kappa shape index (κ3) is 3.26. The van der Waals surface area contributed by atoms with Gasteiger partial charge in [0.05, 0.1) is 11.0 Å². The fraction of sp³-hybridized carbons (Fsp3) is 0.292. The minimum absolute atomic E-state index is 0.000945. The summed E-state index contributed by atoms with van der Waals surface area (Å²) >= 11 is 0. The highest BCUT2D eigenvalue weighted by Gasteiger charge is 2.28. The molecule has 5 rings (SSSR count). The van der Waals surface area contributed by atoms with Crippen LogP contribution < -0.4 is 10.6 Å². The van der Waals surface area contributed by atoms with Gasteiger partial charge in [-0.3, -0.25) is 14.2 Å². The molecule has 2 aliphatic rings. The van der Waals surface area contributed by atoms with Gasteiger partial charge in [-0.05, 0) is 61.2 Å². The van der Waals surface area contributed by atoms with Crippen molar-refractivity contribution in [3.8, 4) is 0 Å². The molecule has 7 heteroatoms. The molecule has 0 unspecified atom stereocenters. The van der Waals surface area contributed by atoms with Crippen molar-refractivity contribution in [1.29, 1.82) is 0 Å². The minimum atomic E-state index is -0.118. The number of carbonyl (C=O) groups is 2. The summed E-state index contributed by atoms with van der Waals surface area (Å²) in [5.41, 5.74) is 4.18. The summed E-state index contributed by atoms with van der Waals surface area (Å²) in [6, 6.07) is 13.3. The Hall–Kier alpha value is -3.61. The Labute approximate surface area is 179 Å². The van der Waals surface area contributed by atoms with E-state index < -0.39 is 0 Å². The maximum atomic E-state index is 13.1. The molecule has 7 nitrogen and oxygen atoms in total. The van der Waals surface area contributed by atoms with Crippen molar-refractivity contribution in [2.45, 2.75) is 25.3 Å². The summed E-state index contributed by atoms with van der Waals surface area (Å²) in [6.45, 7) is 5.38. The highest BCUT2D eigenvalue weighted by molar-refractivity contribution is 6.03. The Morgan fingerprint density at radius 1 is 1.06 bits per heavy atom. The van der Waals surface area contributed by atoms with Gasteiger partial charge in [-0.1, -0.05) is 18.7 Å². The van der Waals surface area contributed by atoms with Crippen molar-refractivity contribution < 1.29 is 9.59 Å². The Bertz CT molecular complexity index is 1250. The van der Waals surface area contributed by atoms with Gasteiger partial charge >= 0.3 is 5.69 Å². The lowest BCUT2D eigenvalue weighted by atomic mass is 10.0. The molecule has 1 N–H and O–H groups in total. The lowest BCUT2D eigenvalue weighted by molar-refractivity contribution is -0.114. The summed E-state index contributed by atoms with van der Waals surface area (Å²) in [5, 5.41) is 0. The summed E-state index contributed by atoms with van der Waals surface area (Å²) in [6.07, 6.45) is 3.53. The fourth-order valence-corrected chi connectivity index (χ4v) is 4.82. The van der Waals surface area contributed by atoms with E-state index in [2.05, 4.69) is 11.6 Å². The van der Waals surface area contributed by atoms with Crippen molar-refractivity contribution in [2.24, 2.45) is 0 Å². The molecule has 0 bridgehead atoms. The minimum Gasteiger partial charge on any atom is -0.338 e. The third-order valence-electron chi connectivity index (χ3n) is 6.40. The average Bonchev–Trinajstić information content (AvgIpc) is 3.38. The standard InChI is InChI=1S/C24H24N4O3/c1-2-22(29)27-14-9-16-15-17(7-8-20(16)27)23(30)26-12-10-18(11-13-26)28-21-6-4-3-5-19(21)25-24(28)31/h2-8,15,18H,1,9-14H2,(H,25,31). The van der Waals surface area contributed by atoms with Crippen molar-refractivity contribution in [3.05, 3.63) is 76.7 Å². The number of para-hydroxylation sites is 2. The Morgan fingerprint density at radius 2 is 1.84 bits per heavy atom. The van der Waals surface area contributed by atoms with Gasteiger partial charge in [0.1, 0.15) is 0 Å². The third-order valence-corrected chi connectivity index (χ3v) is 6.40. The number of aromatic amines is 1. The highest BCUT2D eigenvalue weighted by atomic mass is 16.2. The van der Waals surface area contributed by atoms with Gasteiger partial charge in [-0.2, -0.15) is 0 Å². The summed E-state index contributed by atoms with van der Waals surface area (Å²) in [7, 11) is 0. The maximum Gasteiger partial charge on any atom is 0.326 e. The van der Waals surface area contributed by atoms with Crippen molar-refractivity contribution >= 4 is 28.5 Å². The first kappa shape index (κ1) is 19.4. The average molecular weight is 416 g/mol. The Balaban J connectivity index is 1.31. The van der Waals surface area contributed by atoms with Gasteiger partial charge in [0.15, 0.2) is 0 Å². The van der Waals surface area contributed by atoms with Gasteiger partial charge in [0.2, 0.25) is 5.91 Å². The normalized spacial score (nSPS) is 16.5. The predicted octanol–water partition coefficient (Wildman–Crippen LogP) is 2.88. The number of hydrogen-bond donors (Lipinski definition) is 1. The van der Waals surface area contributed by atoms with E-state index in [9.17, 15) is 14.4 Å². The molecule has 31 heavy (non-hydrogen) atoms. The number of H-pyrrole nitrogens is 1. The number of amides is 2. The lowest BCUT2D eigenvalue weighted by Gasteiger charge is -2.32. The zero-order valence-electron chi connectivity index (χ0n) is 17.2. The second kappa shape index (κ2) is 7.58. The Kier molecular flexibility index (Phi) is 4.73. The van der Waals surface area contributed by atoms with Gasteiger partial charge in [0, 0.05) is 36.9 Å². The number of imidazole rings is 1. The number of piperidine rings is 1. The van der Waals surface area contributed by atoms with Crippen LogP contribution in [-0.2, 0) is 11.2 Å². The first-order chi connectivity index (χ1) is 15.1. The van der Waals surface area contributed by atoms with Gasteiger partial charge < -0.3 is 14.8 Å². The molecule has 0 saturated carbocycles. The number of rotatable bonds is 3. The molecular weight excluding hydrogens is 392 g/mol. The molecule has 0 spiro atoms. The van der Waals surface area contributed by atoms with E-state index in [0.29, 0.717) is 25.2 Å². The first-order valence-electron chi connectivity index (χ1n) is 10.6. The molecular formula is C24H24N4O3. The van der Waals surface area contributed by atoms with Crippen molar-refractivity contribution in [2.75, 3.05) is 24.5 Å². The maximum absolute atomic E-state index is 13.1.